The number of carboxylic acid groups (broad SMARTS) is 1. The second-order valence-electron chi connectivity index (χ2n) is 8.42. The van der Waals surface area contributed by atoms with E-state index in [2.05, 4.69) is 10.6 Å². The first-order valence-corrected chi connectivity index (χ1v) is 12.4. The van der Waals surface area contributed by atoms with E-state index in [0.29, 0.717) is 10.6 Å². The standard InChI is InChI=1S/C25H27F3N2O5S/c26-25(27,28)17-6-8-19(9-7-17)30-24(34)35-15-14-21(23(32)33)36-20-12-10-18(11-13-20)29-22(31)16-4-2-1-3-5-16/h6-13,16,21H,1-5,14-15H2,(H,29,31)(H,30,34)(H,32,33). The third-order valence-corrected chi connectivity index (χ3v) is 6.99. The zero-order valence-corrected chi connectivity index (χ0v) is 20.2. The van der Waals surface area contributed by atoms with Crippen LogP contribution in [0.4, 0.5) is 29.3 Å². The number of hydrogen-bond donors (Lipinski definition) is 3. The van der Waals surface area contributed by atoms with Crippen LogP contribution in [0.1, 0.15) is 44.1 Å². The number of carbonyl (C=O) groups is 3. The minimum Gasteiger partial charge on any atom is -0.480 e. The van der Waals surface area contributed by atoms with Gasteiger partial charge in [-0.1, -0.05) is 19.3 Å². The van der Waals surface area contributed by atoms with E-state index in [4.69, 9.17) is 4.74 Å². The van der Waals surface area contributed by atoms with Crippen LogP contribution in [0.2, 0.25) is 0 Å². The van der Waals surface area contributed by atoms with E-state index >= 15 is 0 Å². The highest BCUT2D eigenvalue weighted by atomic mass is 32.2. The molecule has 1 fully saturated rings. The average Bonchev–Trinajstić information content (AvgIpc) is 2.84. The molecule has 1 saturated carbocycles. The van der Waals surface area contributed by atoms with Gasteiger partial charge in [-0.15, -0.1) is 11.8 Å². The molecule has 0 bridgehead atoms. The number of halogens is 3. The van der Waals surface area contributed by atoms with Crippen LogP contribution >= 0.6 is 11.8 Å². The lowest BCUT2D eigenvalue weighted by Crippen LogP contribution is -2.24. The summed E-state index contributed by atoms with van der Waals surface area (Å²) in [5.74, 6) is -1.05. The molecular weight excluding hydrogens is 497 g/mol. The van der Waals surface area contributed by atoms with Gasteiger partial charge in [0.25, 0.3) is 0 Å². The Bertz CT molecular complexity index is 1040. The van der Waals surface area contributed by atoms with Crippen molar-refractivity contribution < 1.29 is 37.4 Å². The number of alkyl halides is 3. The van der Waals surface area contributed by atoms with Crippen molar-refractivity contribution in [3.8, 4) is 0 Å². The maximum absolute atomic E-state index is 12.6. The van der Waals surface area contributed by atoms with Gasteiger partial charge < -0.3 is 15.2 Å². The molecule has 1 unspecified atom stereocenters. The van der Waals surface area contributed by atoms with E-state index < -0.39 is 29.1 Å². The molecule has 0 aromatic heterocycles. The zero-order chi connectivity index (χ0) is 26.1. The van der Waals surface area contributed by atoms with Crippen molar-refractivity contribution >= 4 is 41.1 Å². The first-order valence-electron chi connectivity index (χ1n) is 11.5. The number of carbonyl (C=O) groups excluding carboxylic acids is 2. The summed E-state index contributed by atoms with van der Waals surface area (Å²) in [6.07, 6.45) is -0.298. The molecule has 2 aromatic rings. The largest absolute Gasteiger partial charge is 0.480 e. The summed E-state index contributed by atoms with van der Waals surface area (Å²) in [5, 5.41) is 13.8. The number of aliphatic carboxylic acids is 1. The minimum atomic E-state index is -4.48. The number of anilines is 2. The van der Waals surface area contributed by atoms with E-state index in [9.17, 15) is 32.7 Å². The molecule has 0 aliphatic heterocycles. The zero-order valence-electron chi connectivity index (χ0n) is 19.3. The van der Waals surface area contributed by atoms with Crippen molar-refractivity contribution in [2.75, 3.05) is 17.2 Å². The maximum atomic E-state index is 12.6. The fraction of sp³-hybridized carbons (Fsp3) is 0.400. The summed E-state index contributed by atoms with van der Waals surface area (Å²) in [4.78, 5) is 36.6. The van der Waals surface area contributed by atoms with Gasteiger partial charge in [0.2, 0.25) is 5.91 Å². The summed E-state index contributed by atoms with van der Waals surface area (Å²) in [7, 11) is 0. The predicted octanol–water partition coefficient (Wildman–Crippen LogP) is 6.41. The maximum Gasteiger partial charge on any atom is 0.416 e. The van der Waals surface area contributed by atoms with Gasteiger partial charge in [0, 0.05) is 28.6 Å². The smallest absolute Gasteiger partial charge is 0.416 e. The summed E-state index contributed by atoms with van der Waals surface area (Å²) < 4.78 is 42.8. The molecule has 2 amide bonds. The molecule has 7 nitrogen and oxygen atoms in total. The minimum absolute atomic E-state index is 0.00485. The SMILES string of the molecule is O=C(Nc1ccc(C(F)(F)F)cc1)OCCC(Sc1ccc(NC(=O)C2CCCCC2)cc1)C(=O)O. The van der Waals surface area contributed by atoms with Crippen LogP contribution in [0, 0.1) is 5.92 Å². The van der Waals surface area contributed by atoms with Crippen LogP contribution in [-0.4, -0.2) is 34.9 Å². The molecular formula is C25H27F3N2O5S. The summed E-state index contributed by atoms with van der Waals surface area (Å²) >= 11 is 1.08. The van der Waals surface area contributed by atoms with Gasteiger partial charge in [0.05, 0.1) is 12.2 Å². The number of hydrogen-bond acceptors (Lipinski definition) is 5. The Labute approximate surface area is 210 Å². The van der Waals surface area contributed by atoms with Crippen molar-refractivity contribution in [3.63, 3.8) is 0 Å². The van der Waals surface area contributed by atoms with Crippen molar-refractivity contribution in [3.05, 3.63) is 54.1 Å². The molecule has 3 rings (SSSR count). The van der Waals surface area contributed by atoms with E-state index in [1.165, 1.54) is 0 Å². The Morgan fingerprint density at radius 2 is 1.53 bits per heavy atom. The van der Waals surface area contributed by atoms with Crippen molar-refractivity contribution in [2.45, 2.75) is 54.8 Å². The summed E-state index contributed by atoms with van der Waals surface area (Å²) in [6.45, 7) is -0.202. The Kier molecular flexibility index (Phi) is 9.63. The van der Waals surface area contributed by atoms with Gasteiger partial charge in [-0.3, -0.25) is 14.9 Å². The van der Waals surface area contributed by atoms with Crippen LogP contribution in [0.5, 0.6) is 0 Å². The lowest BCUT2D eigenvalue weighted by molar-refractivity contribution is -0.138. The predicted molar refractivity (Wildman–Crippen MR) is 130 cm³/mol. The number of ether oxygens (including phenoxy) is 1. The van der Waals surface area contributed by atoms with Crippen LogP contribution in [-0.2, 0) is 20.5 Å². The van der Waals surface area contributed by atoms with Gasteiger partial charge in [-0.2, -0.15) is 13.2 Å². The monoisotopic (exact) mass is 524 g/mol. The molecule has 1 aliphatic carbocycles. The molecule has 3 N–H and O–H groups in total. The summed E-state index contributed by atoms with van der Waals surface area (Å²) in [6, 6.07) is 10.7. The van der Waals surface area contributed by atoms with Crippen molar-refractivity contribution in [1.29, 1.82) is 0 Å². The highest BCUT2D eigenvalue weighted by Crippen LogP contribution is 2.30. The highest BCUT2D eigenvalue weighted by molar-refractivity contribution is 8.00. The molecule has 36 heavy (non-hydrogen) atoms. The van der Waals surface area contributed by atoms with Crippen LogP contribution in [0.3, 0.4) is 0 Å². The van der Waals surface area contributed by atoms with Gasteiger partial charge in [0.15, 0.2) is 0 Å². The van der Waals surface area contributed by atoms with Crippen molar-refractivity contribution in [1.82, 2.24) is 0 Å². The number of benzene rings is 2. The Morgan fingerprint density at radius 3 is 2.11 bits per heavy atom. The lowest BCUT2D eigenvalue weighted by atomic mass is 9.88. The summed E-state index contributed by atoms with van der Waals surface area (Å²) in [5.41, 5.74) is -0.0831. The molecule has 1 aliphatic rings. The first kappa shape index (κ1) is 27.4. The fourth-order valence-corrected chi connectivity index (χ4v) is 4.71. The molecule has 11 heteroatoms. The second kappa shape index (κ2) is 12.7. The Morgan fingerprint density at radius 1 is 0.944 bits per heavy atom. The van der Waals surface area contributed by atoms with Crippen LogP contribution < -0.4 is 10.6 Å². The number of rotatable bonds is 9. The van der Waals surface area contributed by atoms with Gasteiger partial charge in [-0.05, 0) is 61.4 Å². The molecule has 194 valence electrons. The normalized spacial score (nSPS) is 15.1. The van der Waals surface area contributed by atoms with Crippen LogP contribution in [0.25, 0.3) is 0 Å². The van der Waals surface area contributed by atoms with E-state index in [-0.39, 0.29) is 30.5 Å². The highest BCUT2D eigenvalue weighted by Gasteiger charge is 2.30. The molecule has 0 saturated heterocycles. The van der Waals surface area contributed by atoms with Gasteiger partial charge >= 0.3 is 18.2 Å². The van der Waals surface area contributed by atoms with Crippen LogP contribution in [0.15, 0.2) is 53.4 Å². The van der Waals surface area contributed by atoms with E-state index in [1.807, 2.05) is 0 Å². The lowest BCUT2D eigenvalue weighted by Gasteiger charge is -2.20. The number of nitrogens with one attached hydrogen (secondary N) is 2. The number of thioether (sulfide) groups is 1. The molecule has 0 radical (unpaired) electrons. The van der Waals surface area contributed by atoms with Gasteiger partial charge in [-0.25, -0.2) is 4.79 Å². The number of carboxylic acids is 1. The van der Waals surface area contributed by atoms with E-state index in [1.54, 1.807) is 24.3 Å². The third kappa shape index (κ3) is 8.47. The molecule has 2 aromatic carbocycles. The Hall–Kier alpha value is -3.21. The average molecular weight is 525 g/mol. The molecule has 0 spiro atoms. The van der Waals surface area contributed by atoms with Gasteiger partial charge in [0.1, 0.15) is 5.25 Å². The fourth-order valence-electron chi connectivity index (χ4n) is 3.78. The molecule has 0 heterocycles. The third-order valence-electron chi connectivity index (χ3n) is 5.72. The topological polar surface area (TPSA) is 105 Å². The first-order chi connectivity index (χ1) is 17.1. The van der Waals surface area contributed by atoms with E-state index in [0.717, 1.165) is 68.1 Å². The van der Waals surface area contributed by atoms with Crippen molar-refractivity contribution in [2.24, 2.45) is 5.92 Å². The molecule has 1 atom stereocenters. The quantitative estimate of drug-likeness (QED) is 0.328. The Balaban J connectivity index is 1.44. The number of amides is 2. The second-order valence-corrected chi connectivity index (χ2v) is 9.69.